The normalized spacial score (nSPS) is 14.6. The van der Waals surface area contributed by atoms with E-state index in [1.807, 2.05) is 0 Å². The van der Waals surface area contributed by atoms with Gasteiger partial charge in [-0.05, 0) is 13.8 Å². The Kier molecular flexibility index (Phi) is 4.63. The van der Waals surface area contributed by atoms with Crippen molar-refractivity contribution in [1.29, 1.82) is 0 Å². The number of alkyl halides is 2. The molecule has 0 aromatic rings. The van der Waals surface area contributed by atoms with E-state index in [9.17, 15) is 13.6 Å². The average molecular weight is 213 g/mol. The van der Waals surface area contributed by atoms with E-state index in [4.69, 9.17) is 10.8 Å². The average Bonchev–Trinajstić information content (AvgIpc) is 1.99. The molecule has 13 heavy (non-hydrogen) atoms. The molecule has 3 N–H and O–H groups in total. The highest BCUT2D eigenvalue weighted by atomic mass is 32.2. The second-order valence-electron chi connectivity index (χ2n) is 3.12. The van der Waals surface area contributed by atoms with Crippen LogP contribution in [0.5, 0.6) is 0 Å². The van der Waals surface area contributed by atoms with Gasteiger partial charge in [-0.25, -0.2) is 8.78 Å². The highest BCUT2D eigenvalue weighted by molar-refractivity contribution is 8.00. The van der Waals surface area contributed by atoms with Crippen molar-refractivity contribution in [1.82, 2.24) is 0 Å². The molecule has 0 saturated heterocycles. The van der Waals surface area contributed by atoms with Crippen LogP contribution in [-0.4, -0.2) is 34.0 Å². The van der Waals surface area contributed by atoms with Crippen molar-refractivity contribution in [3.63, 3.8) is 0 Å². The molecule has 0 bridgehead atoms. The summed E-state index contributed by atoms with van der Waals surface area (Å²) in [5, 5.41) is 8.56. The zero-order chi connectivity index (χ0) is 10.6. The number of carbonyl (C=O) groups is 1. The molecular formula is C7H13F2NO2S. The molecule has 0 saturated carbocycles. The van der Waals surface area contributed by atoms with E-state index in [1.54, 1.807) is 13.8 Å². The minimum absolute atomic E-state index is 0.395. The van der Waals surface area contributed by atoms with Crippen LogP contribution < -0.4 is 5.73 Å². The Morgan fingerprint density at radius 1 is 1.62 bits per heavy atom. The maximum Gasteiger partial charge on any atom is 0.321 e. The second-order valence-corrected chi connectivity index (χ2v) is 4.80. The van der Waals surface area contributed by atoms with Gasteiger partial charge in [-0.15, -0.1) is 11.8 Å². The monoisotopic (exact) mass is 213 g/mol. The summed E-state index contributed by atoms with van der Waals surface area (Å²) in [6.07, 6.45) is -2.44. The van der Waals surface area contributed by atoms with Crippen LogP contribution >= 0.6 is 11.8 Å². The van der Waals surface area contributed by atoms with Crippen LogP contribution in [0.15, 0.2) is 0 Å². The van der Waals surface area contributed by atoms with Crippen LogP contribution in [0.2, 0.25) is 0 Å². The highest BCUT2D eigenvalue weighted by Gasteiger charge is 2.33. The van der Waals surface area contributed by atoms with Gasteiger partial charge in [0.2, 0.25) is 6.43 Å². The van der Waals surface area contributed by atoms with Gasteiger partial charge in [0.05, 0.1) is 5.75 Å². The molecule has 78 valence electrons. The van der Waals surface area contributed by atoms with Crippen molar-refractivity contribution in [2.75, 3.05) is 5.75 Å². The van der Waals surface area contributed by atoms with Crippen molar-refractivity contribution in [3.8, 4) is 0 Å². The maximum absolute atomic E-state index is 11.8. The Hall–Kier alpha value is -0.360. The molecule has 0 aliphatic heterocycles. The van der Waals surface area contributed by atoms with Gasteiger partial charge in [0.15, 0.2) is 0 Å². The van der Waals surface area contributed by atoms with Gasteiger partial charge in [-0.1, -0.05) is 0 Å². The molecular weight excluding hydrogens is 200 g/mol. The molecule has 0 radical (unpaired) electrons. The molecule has 0 unspecified atom stereocenters. The van der Waals surface area contributed by atoms with E-state index in [0.717, 1.165) is 11.8 Å². The lowest BCUT2D eigenvalue weighted by Gasteiger charge is -2.27. The number of rotatable bonds is 5. The summed E-state index contributed by atoms with van der Waals surface area (Å²) in [5.41, 5.74) is 5.32. The zero-order valence-electron chi connectivity index (χ0n) is 7.46. The lowest BCUT2D eigenvalue weighted by atomic mass is 10.1. The van der Waals surface area contributed by atoms with E-state index >= 15 is 0 Å². The van der Waals surface area contributed by atoms with E-state index in [-0.39, 0.29) is 0 Å². The van der Waals surface area contributed by atoms with Crippen LogP contribution in [0.3, 0.4) is 0 Å². The summed E-state index contributed by atoms with van der Waals surface area (Å²) in [6.45, 7) is 3.08. The summed E-state index contributed by atoms with van der Waals surface area (Å²) in [4.78, 5) is 10.5. The van der Waals surface area contributed by atoms with Gasteiger partial charge in [0.25, 0.3) is 0 Å². The van der Waals surface area contributed by atoms with Crippen molar-refractivity contribution in [2.45, 2.75) is 31.1 Å². The molecule has 0 aliphatic carbocycles. The number of nitrogens with two attached hydrogens (primary N) is 1. The van der Waals surface area contributed by atoms with Gasteiger partial charge in [-0.3, -0.25) is 4.79 Å². The summed E-state index contributed by atoms with van der Waals surface area (Å²) in [7, 11) is 0. The molecule has 0 aliphatic rings. The number of hydrogen-bond acceptors (Lipinski definition) is 3. The van der Waals surface area contributed by atoms with E-state index in [1.165, 1.54) is 0 Å². The quantitative estimate of drug-likeness (QED) is 0.719. The Bertz CT molecular complexity index is 187. The number of carboxylic acid groups (broad SMARTS) is 1. The van der Waals surface area contributed by atoms with Gasteiger partial charge in [0, 0.05) is 4.75 Å². The first-order valence-electron chi connectivity index (χ1n) is 3.68. The summed E-state index contributed by atoms with van der Waals surface area (Å²) in [6, 6.07) is -1.13. The third-order valence-corrected chi connectivity index (χ3v) is 3.01. The first-order chi connectivity index (χ1) is 5.77. The van der Waals surface area contributed by atoms with Gasteiger partial charge in [-0.2, -0.15) is 0 Å². The summed E-state index contributed by atoms with van der Waals surface area (Å²) < 4.78 is 22.8. The van der Waals surface area contributed by atoms with Crippen LogP contribution in [0.1, 0.15) is 13.8 Å². The number of thioether (sulfide) groups is 1. The fourth-order valence-electron chi connectivity index (χ4n) is 0.665. The third-order valence-electron chi connectivity index (χ3n) is 1.60. The van der Waals surface area contributed by atoms with E-state index in [0.29, 0.717) is 0 Å². The fraction of sp³-hybridized carbons (Fsp3) is 0.857. The van der Waals surface area contributed by atoms with Crippen molar-refractivity contribution < 1.29 is 18.7 Å². The van der Waals surface area contributed by atoms with Gasteiger partial charge < -0.3 is 10.8 Å². The largest absolute Gasteiger partial charge is 0.480 e. The lowest BCUT2D eigenvalue weighted by molar-refractivity contribution is -0.139. The van der Waals surface area contributed by atoms with Crippen LogP contribution in [-0.2, 0) is 4.79 Å². The van der Waals surface area contributed by atoms with E-state index in [2.05, 4.69) is 0 Å². The van der Waals surface area contributed by atoms with Crippen molar-refractivity contribution in [3.05, 3.63) is 0 Å². The zero-order valence-corrected chi connectivity index (χ0v) is 8.28. The topological polar surface area (TPSA) is 63.3 Å². The number of halogens is 2. The Labute approximate surface area is 79.7 Å². The molecule has 0 spiro atoms. The molecule has 3 nitrogen and oxygen atoms in total. The predicted octanol–water partition coefficient (Wildman–Crippen LogP) is 1.18. The Balaban J connectivity index is 4.13. The summed E-state index contributed by atoms with van der Waals surface area (Å²) >= 11 is 0.867. The SMILES string of the molecule is CC(C)(SCC(F)F)[C@H](N)C(=O)O. The number of hydrogen-bond donors (Lipinski definition) is 2. The minimum atomic E-state index is -2.44. The standard InChI is InChI=1S/C7H13F2NO2S/c1-7(2,5(10)6(11)12)13-3-4(8)9/h4-5H,3,10H2,1-2H3,(H,11,12)/t5-/m1/s1. The summed E-state index contributed by atoms with van der Waals surface area (Å²) in [5.74, 6) is -1.57. The van der Waals surface area contributed by atoms with Crippen molar-refractivity contribution in [2.24, 2.45) is 5.73 Å². The first-order valence-corrected chi connectivity index (χ1v) is 4.66. The van der Waals surface area contributed by atoms with E-state index < -0.39 is 28.9 Å². The van der Waals surface area contributed by atoms with Gasteiger partial charge >= 0.3 is 5.97 Å². The Morgan fingerprint density at radius 3 is 2.38 bits per heavy atom. The maximum atomic E-state index is 11.8. The Morgan fingerprint density at radius 2 is 2.08 bits per heavy atom. The minimum Gasteiger partial charge on any atom is -0.480 e. The molecule has 0 heterocycles. The van der Waals surface area contributed by atoms with Crippen LogP contribution in [0, 0.1) is 0 Å². The molecule has 0 rings (SSSR count). The lowest BCUT2D eigenvalue weighted by Crippen LogP contribution is -2.47. The molecule has 0 aromatic carbocycles. The predicted molar refractivity (Wildman–Crippen MR) is 48.2 cm³/mol. The molecule has 6 heteroatoms. The molecule has 1 atom stereocenters. The van der Waals surface area contributed by atoms with Crippen LogP contribution in [0.25, 0.3) is 0 Å². The molecule has 0 amide bonds. The number of carboxylic acids is 1. The highest BCUT2D eigenvalue weighted by Crippen LogP contribution is 2.28. The molecule has 0 aromatic heterocycles. The fourth-order valence-corrected chi connectivity index (χ4v) is 1.50. The smallest absolute Gasteiger partial charge is 0.321 e. The second kappa shape index (κ2) is 4.76. The molecule has 0 fully saturated rings. The van der Waals surface area contributed by atoms with Gasteiger partial charge in [0.1, 0.15) is 6.04 Å². The number of aliphatic carboxylic acids is 1. The third kappa shape index (κ3) is 4.42. The van der Waals surface area contributed by atoms with Crippen molar-refractivity contribution >= 4 is 17.7 Å². The first kappa shape index (κ1) is 12.6. The van der Waals surface area contributed by atoms with Crippen LogP contribution in [0.4, 0.5) is 8.78 Å².